The molecule has 0 saturated carbocycles. The lowest BCUT2D eigenvalue weighted by atomic mass is 9.95. The van der Waals surface area contributed by atoms with Crippen LogP contribution in [0.25, 0.3) is 10.9 Å². The van der Waals surface area contributed by atoms with Gasteiger partial charge in [0.2, 0.25) is 0 Å². The number of hydrogen-bond donors (Lipinski definition) is 1. The fraction of sp³-hybridized carbons (Fsp3) is 0.545. The summed E-state index contributed by atoms with van der Waals surface area (Å²) in [6, 6.07) is 5.89. The van der Waals surface area contributed by atoms with Crippen molar-refractivity contribution in [3.63, 3.8) is 0 Å². The van der Waals surface area contributed by atoms with Crippen molar-refractivity contribution in [3.05, 3.63) is 51.1 Å². The first-order chi connectivity index (χ1) is 14.5. The molecule has 0 amide bonds. The Morgan fingerprint density at radius 2 is 2.07 bits per heavy atom. The number of benzene rings is 1. The molecule has 0 unspecified atom stereocenters. The van der Waals surface area contributed by atoms with Gasteiger partial charge >= 0.3 is 0 Å². The second kappa shape index (κ2) is 8.65. The maximum Gasteiger partial charge on any atom is 0.253 e. The number of tetrazole rings is 1. The Bertz CT molecular complexity index is 1090. The van der Waals surface area contributed by atoms with Gasteiger partial charge in [0.1, 0.15) is 6.04 Å². The molecule has 3 aromatic rings. The number of H-pyrrole nitrogens is 1. The molecule has 1 N–H and O–H groups in total. The average molecular weight is 411 g/mol. The second-order valence-electron chi connectivity index (χ2n) is 8.48. The number of rotatable bonds is 6. The van der Waals surface area contributed by atoms with Crippen LogP contribution in [0.3, 0.4) is 0 Å². The Kier molecular flexibility index (Phi) is 5.97. The summed E-state index contributed by atoms with van der Waals surface area (Å²) >= 11 is 0. The quantitative estimate of drug-likeness (QED) is 0.672. The monoisotopic (exact) mass is 410 g/mol. The standard InChI is InChI=1S/C22H30N6O2/c1-14-6-5-7-27(13-14)20(21-24-25-26-28(21)8-9-30-4)18-12-17-10-15(2)16(3)11-19(17)23-22(18)29/h10-12,14,20H,5-9,13H2,1-4H3,(H,23,29)/t14-,20+/m1/s1. The fourth-order valence-corrected chi connectivity index (χ4v) is 4.40. The van der Waals surface area contributed by atoms with Crippen molar-refractivity contribution in [2.24, 2.45) is 5.92 Å². The second-order valence-corrected chi connectivity index (χ2v) is 8.48. The third kappa shape index (κ3) is 4.02. The molecular weight excluding hydrogens is 380 g/mol. The molecule has 0 bridgehead atoms. The van der Waals surface area contributed by atoms with Crippen molar-refractivity contribution >= 4 is 10.9 Å². The number of likely N-dealkylation sites (tertiary alicyclic amines) is 1. The summed E-state index contributed by atoms with van der Waals surface area (Å²) in [7, 11) is 1.66. The number of hydrogen-bond acceptors (Lipinski definition) is 6. The number of methoxy groups -OCH3 is 1. The molecule has 8 nitrogen and oxygen atoms in total. The average Bonchev–Trinajstić information content (AvgIpc) is 3.17. The highest BCUT2D eigenvalue weighted by Crippen LogP contribution is 2.31. The Morgan fingerprint density at radius 3 is 2.83 bits per heavy atom. The molecule has 3 heterocycles. The van der Waals surface area contributed by atoms with Gasteiger partial charge in [0.05, 0.1) is 13.2 Å². The van der Waals surface area contributed by atoms with Crippen molar-refractivity contribution in [1.82, 2.24) is 30.1 Å². The predicted molar refractivity (Wildman–Crippen MR) is 116 cm³/mol. The van der Waals surface area contributed by atoms with Crippen LogP contribution in [-0.4, -0.2) is 56.9 Å². The van der Waals surface area contributed by atoms with E-state index in [-0.39, 0.29) is 11.6 Å². The number of fused-ring (bicyclic) bond motifs is 1. The van der Waals surface area contributed by atoms with Gasteiger partial charge in [-0.05, 0) is 84.3 Å². The lowest BCUT2D eigenvalue weighted by molar-refractivity contribution is 0.137. The summed E-state index contributed by atoms with van der Waals surface area (Å²) in [6.07, 6.45) is 2.30. The normalized spacial score (nSPS) is 18.7. The van der Waals surface area contributed by atoms with Crippen molar-refractivity contribution in [2.45, 2.75) is 46.2 Å². The van der Waals surface area contributed by atoms with Crippen LogP contribution >= 0.6 is 0 Å². The summed E-state index contributed by atoms with van der Waals surface area (Å²) in [4.78, 5) is 18.7. The molecule has 8 heteroatoms. The maximum atomic E-state index is 13.2. The molecule has 1 fully saturated rings. The molecule has 0 aliphatic carbocycles. The van der Waals surface area contributed by atoms with Gasteiger partial charge in [-0.2, -0.15) is 0 Å². The third-order valence-electron chi connectivity index (χ3n) is 6.15. The van der Waals surface area contributed by atoms with Crippen LogP contribution in [0.4, 0.5) is 0 Å². The highest BCUT2D eigenvalue weighted by Gasteiger charge is 2.32. The number of piperidine rings is 1. The van der Waals surface area contributed by atoms with E-state index < -0.39 is 0 Å². The van der Waals surface area contributed by atoms with E-state index in [0.717, 1.165) is 36.0 Å². The number of aryl methyl sites for hydroxylation is 2. The lowest BCUT2D eigenvalue weighted by Crippen LogP contribution is -2.41. The maximum absolute atomic E-state index is 13.2. The molecule has 2 atom stereocenters. The first-order valence-electron chi connectivity index (χ1n) is 10.6. The fourth-order valence-electron chi connectivity index (χ4n) is 4.40. The molecular formula is C22H30N6O2. The van der Waals surface area contributed by atoms with Crippen LogP contribution in [0, 0.1) is 19.8 Å². The molecule has 1 saturated heterocycles. The zero-order valence-corrected chi connectivity index (χ0v) is 18.2. The molecule has 1 aliphatic heterocycles. The summed E-state index contributed by atoms with van der Waals surface area (Å²) in [5, 5.41) is 13.5. The minimum absolute atomic E-state index is 0.0877. The van der Waals surface area contributed by atoms with E-state index in [9.17, 15) is 4.79 Å². The van der Waals surface area contributed by atoms with Gasteiger partial charge in [-0.1, -0.05) is 6.92 Å². The SMILES string of the molecule is COCCn1nnnc1[C@H](c1cc2cc(C)c(C)cc2[nH]c1=O)N1CCC[C@@H](C)C1. The van der Waals surface area contributed by atoms with E-state index in [1.165, 1.54) is 12.0 Å². The van der Waals surface area contributed by atoms with Crippen LogP contribution < -0.4 is 5.56 Å². The summed E-state index contributed by atoms with van der Waals surface area (Å²) in [6.45, 7) is 9.28. The van der Waals surface area contributed by atoms with Gasteiger partial charge in [0.15, 0.2) is 5.82 Å². The molecule has 4 rings (SSSR count). The minimum atomic E-state index is -0.297. The number of nitrogens with one attached hydrogen (secondary N) is 1. The number of pyridine rings is 1. The highest BCUT2D eigenvalue weighted by atomic mass is 16.5. The number of aromatic amines is 1. The van der Waals surface area contributed by atoms with Crippen molar-refractivity contribution in [3.8, 4) is 0 Å². The smallest absolute Gasteiger partial charge is 0.253 e. The van der Waals surface area contributed by atoms with Crippen molar-refractivity contribution in [1.29, 1.82) is 0 Å². The van der Waals surface area contributed by atoms with Gasteiger partial charge in [-0.25, -0.2) is 4.68 Å². The van der Waals surface area contributed by atoms with Crippen LogP contribution in [0.2, 0.25) is 0 Å². The summed E-state index contributed by atoms with van der Waals surface area (Å²) in [5.41, 5.74) is 3.82. The van der Waals surface area contributed by atoms with Crippen LogP contribution in [0.5, 0.6) is 0 Å². The molecule has 0 spiro atoms. The predicted octanol–water partition coefficient (Wildman–Crippen LogP) is 2.60. The van der Waals surface area contributed by atoms with Gasteiger partial charge < -0.3 is 9.72 Å². The molecule has 0 radical (unpaired) electrons. The van der Waals surface area contributed by atoms with Crippen LogP contribution in [0.1, 0.15) is 48.3 Å². The molecule has 2 aromatic heterocycles. The van der Waals surface area contributed by atoms with E-state index in [0.29, 0.717) is 30.5 Å². The minimum Gasteiger partial charge on any atom is -0.383 e. The van der Waals surface area contributed by atoms with E-state index in [4.69, 9.17) is 4.74 Å². The third-order valence-corrected chi connectivity index (χ3v) is 6.15. The summed E-state index contributed by atoms with van der Waals surface area (Å²) in [5.74, 6) is 1.25. The van der Waals surface area contributed by atoms with E-state index >= 15 is 0 Å². The van der Waals surface area contributed by atoms with E-state index in [2.05, 4.69) is 52.2 Å². The Hall–Kier alpha value is -2.58. The Labute approximate surface area is 176 Å². The van der Waals surface area contributed by atoms with Crippen LogP contribution in [0.15, 0.2) is 23.0 Å². The Balaban J connectivity index is 1.85. The van der Waals surface area contributed by atoms with Crippen molar-refractivity contribution in [2.75, 3.05) is 26.8 Å². The summed E-state index contributed by atoms with van der Waals surface area (Å²) < 4.78 is 6.99. The van der Waals surface area contributed by atoms with Gasteiger partial charge in [-0.3, -0.25) is 9.69 Å². The van der Waals surface area contributed by atoms with E-state index in [1.54, 1.807) is 11.8 Å². The van der Waals surface area contributed by atoms with Gasteiger partial charge in [-0.15, -0.1) is 5.10 Å². The molecule has 30 heavy (non-hydrogen) atoms. The largest absolute Gasteiger partial charge is 0.383 e. The van der Waals surface area contributed by atoms with Crippen molar-refractivity contribution < 1.29 is 4.74 Å². The number of aromatic nitrogens is 5. The van der Waals surface area contributed by atoms with Crippen LogP contribution in [-0.2, 0) is 11.3 Å². The first kappa shape index (κ1) is 20.7. The molecule has 1 aliphatic rings. The molecule has 160 valence electrons. The number of ether oxygens (including phenoxy) is 1. The first-order valence-corrected chi connectivity index (χ1v) is 10.6. The molecule has 1 aromatic carbocycles. The Morgan fingerprint density at radius 1 is 1.27 bits per heavy atom. The topological polar surface area (TPSA) is 88.9 Å². The van der Waals surface area contributed by atoms with Gasteiger partial charge in [0, 0.05) is 24.7 Å². The zero-order chi connectivity index (χ0) is 21.3. The zero-order valence-electron chi connectivity index (χ0n) is 18.2. The highest BCUT2D eigenvalue weighted by molar-refractivity contribution is 5.81. The van der Waals surface area contributed by atoms with Gasteiger partial charge in [0.25, 0.3) is 5.56 Å². The van der Waals surface area contributed by atoms with E-state index in [1.807, 2.05) is 12.1 Å². The number of nitrogens with zero attached hydrogens (tertiary/aromatic N) is 5. The lowest BCUT2D eigenvalue weighted by Gasteiger charge is -2.36.